The molecule has 0 radical (unpaired) electrons. The van der Waals surface area contributed by atoms with Gasteiger partial charge >= 0.3 is 0 Å². The number of aliphatic hydroxyl groups excluding tert-OH is 1. The van der Waals surface area contributed by atoms with Crippen molar-refractivity contribution in [2.45, 2.75) is 32.5 Å². The second-order valence-corrected chi connectivity index (χ2v) is 7.10. The first-order valence-electron chi connectivity index (χ1n) is 9.24. The van der Waals surface area contributed by atoms with E-state index in [1.807, 2.05) is 12.1 Å². The summed E-state index contributed by atoms with van der Waals surface area (Å²) in [6.45, 7) is 7.71. The Hall–Kier alpha value is -2.16. The Kier molecular flexibility index (Phi) is 8.02. The van der Waals surface area contributed by atoms with Gasteiger partial charge in [-0.15, -0.1) is 0 Å². The standard InChI is InChI=1S/C19H30N4O4/c1-14-10-22(7-8-23(14)11-15(2)24)12-19(26)21-9-16-3-5-17(6-4-16)27-13-18(20)25/h3-6,14-15,24H,7-13H2,1-2H3,(H2,20,25)(H,21,26). The van der Waals surface area contributed by atoms with Crippen molar-refractivity contribution in [2.75, 3.05) is 39.3 Å². The van der Waals surface area contributed by atoms with Crippen LogP contribution in [-0.4, -0.2) is 78.2 Å². The Morgan fingerprint density at radius 2 is 2.04 bits per heavy atom. The van der Waals surface area contributed by atoms with E-state index in [-0.39, 0.29) is 18.6 Å². The van der Waals surface area contributed by atoms with Gasteiger partial charge in [0, 0.05) is 38.8 Å². The number of nitrogens with one attached hydrogen (secondary N) is 1. The smallest absolute Gasteiger partial charge is 0.255 e. The first kappa shape index (κ1) is 21.1. The number of amides is 2. The number of carbonyl (C=O) groups is 2. The summed E-state index contributed by atoms with van der Waals surface area (Å²) < 4.78 is 5.20. The van der Waals surface area contributed by atoms with Crippen molar-refractivity contribution in [3.8, 4) is 5.75 Å². The SMILES string of the molecule is CC(O)CN1CCN(CC(=O)NCc2ccc(OCC(N)=O)cc2)CC1C. The number of ether oxygens (including phenoxy) is 1. The average molecular weight is 378 g/mol. The quantitative estimate of drug-likeness (QED) is 0.537. The van der Waals surface area contributed by atoms with Crippen LogP contribution in [0.2, 0.25) is 0 Å². The van der Waals surface area contributed by atoms with Gasteiger partial charge in [0.25, 0.3) is 5.91 Å². The van der Waals surface area contributed by atoms with Crippen LogP contribution in [0.1, 0.15) is 19.4 Å². The lowest BCUT2D eigenvalue weighted by Gasteiger charge is -2.40. The van der Waals surface area contributed by atoms with Gasteiger partial charge in [0.05, 0.1) is 12.6 Å². The van der Waals surface area contributed by atoms with E-state index in [2.05, 4.69) is 22.0 Å². The summed E-state index contributed by atoms with van der Waals surface area (Å²) in [4.78, 5) is 27.3. The fraction of sp³-hybridized carbons (Fsp3) is 0.579. The fourth-order valence-corrected chi connectivity index (χ4v) is 3.14. The molecule has 0 spiro atoms. The highest BCUT2D eigenvalue weighted by Gasteiger charge is 2.25. The molecule has 0 aromatic heterocycles. The van der Waals surface area contributed by atoms with Crippen LogP contribution >= 0.6 is 0 Å². The number of β-amino-alcohol motifs (C(OH)–C–C–N with tert-alkyl or cyclic N) is 1. The van der Waals surface area contributed by atoms with Gasteiger partial charge < -0.3 is 20.9 Å². The van der Waals surface area contributed by atoms with Crippen molar-refractivity contribution in [2.24, 2.45) is 5.73 Å². The molecule has 0 bridgehead atoms. The van der Waals surface area contributed by atoms with E-state index in [1.54, 1.807) is 19.1 Å². The van der Waals surface area contributed by atoms with Gasteiger partial charge in [-0.05, 0) is 31.5 Å². The van der Waals surface area contributed by atoms with Crippen molar-refractivity contribution in [3.63, 3.8) is 0 Å². The van der Waals surface area contributed by atoms with Gasteiger partial charge in [-0.25, -0.2) is 0 Å². The normalized spacial score (nSPS) is 19.4. The molecule has 1 aromatic rings. The number of nitrogens with two attached hydrogens (primary N) is 1. The Balaban J connectivity index is 1.71. The molecule has 1 aromatic carbocycles. The summed E-state index contributed by atoms with van der Waals surface area (Å²) in [5.74, 6) is 0.0283. The maximum absolute atomic E-state index is 12.2. The van der Waals surface area contributed by atoms with E-state index in [0.29, 0.717) is 31.4 Å². The molecule has 8 heteroatoms. The van der Waals surface area contributed by atoms with Crippen LogP contribution < -0.4 is 15.8 Å². The third-order valence-electron chi connectivity index (χ3n) is 4.51. The van der Waals surface area contributed by atoms with Gasteiger partial charge in [-0.1, -0.05) is 12.1 Å². The minimum Gasteiger partial charge on any atom is -0.484 e. The summed E-state index contributed by atoms with van der Waals surface area (Å²) in [6, 6.07) is 7.48. The number of benzene rings is 1. The summed E-state index contributed by atoms with van der Waals surface area (Å²) >= 11 is 0. The monoisotopic (exact) mass is 378 g/mol. The predicted octanol–water partition coefficient (Wildman–Crippen LogP) is -0.446. The van der Waals surface area contributed by atoms with Crippen LogP contribution in [0.3, 0.4) is 0 Å². The molecule has 0 saturated carbocycles. The number of rotatable bonds is 9. The molecule has 1 heterocycles. The van der Waals surface area contributed by atoms with E-state index in [4.69, 9.17) is 10.5 Å². The van der Waals surface area contributed by atoms with Gasteiger partial charge in [0.15, 0.2) is 6.61 Å². The topological polar surface area (TPSA) is 108 Å². The van der Waals surface area contributed by atoms with Gasteiger partial charge in [0.1, 0.15) is 5.75 Å². The minimum absolute atomic E-state index is 0.0137. The first-order chi connectivity index (χ1) is 12.8. The zero-order valence-electron chi connectivity index (χ0n) is 16.1. The first-order valence-corrected chi connectivity index (χ1v) is 9.24. The molecular formula is C19H30N4O4. The van der Waals surface area contributed by atoms with Gasteiger partial charge in [-0.3, -0.25) is 19.4 Å². The number of piperazine rings is 1. The Labute approximate surface area is 160 Å². The molecule has 4 N–H and O–H groups in total. The van der Waals surface area contributed by atoms with Crippen molar-refractivity contribution >= 4 is 11.8 Å². The predicted molar refractivity (Wildman–Crippen MR) is 102 cm³/mol. The van der Waals surface area contributed by atoms with Crippen molar-refractivity contribution in [3.05, 3.63) is 29.8 Å². The average Bonchev–Trinajstić information content (AvgIpc) is 2.61. The number of nitrogens with zero attached hydrogens (tertiary/aromatic N) is 2. The zero-order chi connectivity index (χ0) is 19.8. The largest absolute Gasteiger partial charge is 0.484 e. The van der Waals surface area contributed by atoms with Crippen LogP contribution in [0.4, 0.5) is 0 Å². The number of aliphatic hydroxyl groups is 1. The van der Waals surface area contributed by atoms with Crippen molar-refractivity contribution < 1.29 is 19.4 Å². The van der Waals surface area contributed by atoms with E-state index in [0.717, 1.165) is 25.2 Å². The summed E-state index contributed by atoms with van der Waals surface area (Å²) in [7, 11) is 0. The Morgan fingerprint density at radius 1 is 1.33 bits per heavy atom. The fourth-order valence-electron chi connectivity index (χ4n) is 3.14. The Bertz CT molecular complexity index is 621. The molecule has 1 aliphatic rings. The van der Waals surface area contributed by atoms with Crippen LogP contribution in [-0.2, 0) is 16.1 Å². The Morgan fingerprint density at radius 3 is 2.63 bits per heavy atom. The van der Waals surface area contributed by atoms with Crippen LogP contribution in [0.25, 0.3) is 0 Å². The second kappa shape index (κ2) is 10.2. The van der Waals surface area contributed by atoms with Crippen molar-refractivity contribution in [1.82, 2.24) is 15.1 Å². The summed E-state index contributed by atoms with van der Waals surface area (Å²) in [6.07, 6.45) is -0.338. The molecule has 2 amide bonds. The molecule has 0 aliphatic carbocycles. The number of primary amides is 1. The number of carbonyl (C=O) groups excluding carboxylic acids is 2. The number of hydrogen-bond acceptors (Lipinski definition) is 6. The molecular weight excluding hydrogens is 348 g/mol. The number of hydrogen-bond donors (Lipinski definition) is 3. The third kappa shape index (κ3) is 7.54. The highest BCUT2D eigenvalue weighted by molar-refractivity contribution is 5.78. The van der Waals surface area contributed by atoms with Crippen LogP contribution in [0, 0.1) is 0 Å². The molecule has 27 heavy (non-hydrogen) atoms. The second-order valence-electron chi connectivity index (χ2n) is 7.10. The van der Waals surface area contributed by atoms with Gasteiger partial charge in [-0.2, -0.15) is 0 Å². The third-order valence-corrected chi connectivity index (χ3v) is 4.51. The van der Waals surface area contributed by atoms with E-state index in [9.17, 15) is 14.7 Å². The van der Waals surface area contributed by atoms with Gasteiger partial charge in [0.2, 0.25) is 5.91 Å². The molecule has 2 atom stereocenters. The maximum Gasteiger partial charge on any atom is 0.255 e. The van der Waals surface area contributed by atoms with E-state index < -0.39 is 5.91 Å². The summed E-state index contributed by atoms with van der Waals surface area (Å²) in [5.41, 5.74) is 5.99. The lowest BCUT2D eigenvalue weighted by Crippen LogP contribution is -2.55. The molecule has 2 rings (SSSR count). The lowest BCUT2D eigenvalue weighted by molar-refractivity contribution is -0.123. The maximum atomic E-state index is 12.2. The molecule has 1 fully saturated rings. The zero-order valence-corrected chi connectivity index (χ0v) is 16.1. The molecule has 150 valence electrons. The van der Waals surface area contributed by atoms with Crippen LogP contribution in [0.15, 0.2) is 24.3 Å². The highest BCUT2D eigenvalue weighted by atomic mass is 16.5. The molecule has 8 nitrogen and oxygen atoms in total. The van der Waals surface area contributed by atoms with Crippen molar-refractivity contribution in [1.29, 1.82) is 0 Å². The van der Waals surface area contributed by atoms with Crippen LogP contribution in [0.5, 0.6) is 5.75 Å². The lowest BCUT2D eigenvalue weighted by atomic mass is 10.1. The van der Waals surface area contributed by atoms with E-state index >= 15 is 0 Å². The summed E-state index contributed by atoms with van der Waals surface area (Å²) in [5, 5.41) is 12.5. The molecule has 2 unspecified atom stereocenters. The van der Waals surface area contributed by atoms with E-state index in [1.165, 1.54) is 0 Å². The highest BCUT2D eigenvalue weighted by Crippen LogP contribution is 2.12. The molecule has 1 aliphatic heterocycles. The minimum atomic E-state index is -0.521. The molecule has 1 saturated heterocycles.